The van der Waals surface area contributed by atoms with Crippen molar-refractivity contribution in [3.63, 3.8) is 0 Å². The highest BCUT2D eigenvalue weighted by Crippen LogP contribution is 2.14. The fraction of sp³-hybridized carbons (Fsp3) is 0.364. The van der Waals surface area contributed by atoms with E-state index in [4.69, 9.17) is 0 Å². The van der Waals surface area contributed by atoms with Crippen LogP contribution in [0.25, 0.3) is 0 Å². The molecule has 0 aliphatic heterocycles. The van der Waals surface area contributed by atoms with Gasteiger partial charge >= 0.3 is 0 Å². The molecule has 0 heterocycles. The molecule has 0 bridgehead atoms. The normalized spacial score (nSPS) is 11.1. The van der Waals surface area contributed by atoms with E-state index < -0.39 is 0 Å². The molecule has 13 heavy (non-hydrogen) atoms. The summed E-state index contributed by atoms with van der Waals surface area (Å²) < 4.78 is 0. The molecule has 0 aliphatic rings. The monoisotopic (exact) mass is 177 g/mol. The Morgan fingerprint density at radius 2 is 2.15 bits per heavy atom. The molecule has 1 rings (SSSR count). The summed E-state index contributed by atoms with van der Waals surface area (Å²) in [7, 11) is 1.54. The predicted molar refractivity (Wildman–Crippen MR) is 55.1 cm³/mol. The minimum atomic E-state index is 0.552. The average molecular weight is 177 g/mol. The Morgan fingerprint density at radius 1 is 1.38 bits per heavy atom. The van der Waals surface area contributed by atoms with E-state index in [-0.39, 0.29) is 0 Å². The van der Waals surface area contributed by atoms with Gasteiger partial charge in [0.25, 0.3) is 0 Å². The van der Waals surface area contributed by atoms with E-state index >= 15 is 0 Å². The maximum absolute atomic E-state index is 4.62. The lowest BCUT2D eigenvalue weighted by molar-refractivity contribution is 0.215. The summed E-state index contributed by atoms with van der Waals surface area (Å²) in [5, 5.41) is 3.72. The molecule has 0 aromatic heterocycles. The molecule has 1 aromatic rings. The first-order valence-electron chi connectivity index (χ1n) is 4.40. The molecule has 0 unspecified atom stereocenters. The van der Waals surface area contributed by atoms with Gasteiger partial charge in [0.2, 0.25) is 0 Å². The number of rotatable bonds is 3. The van der Waals surface area contributed by atoms with E-state index in [0.717, 1.165) is 5.56 Å². The fourth-order valence-electron chi connectivity index (χ4n) is 1.11. The zero-order valence-corrected chi connectivity index (χ0v) is 8.32. The smallest absolute Gasteiger partial charge is 0.106 e. The lowest BCUT2D eigenvalue weighted by Crippen LogP contribution is -1.89. The molecule has 0 fully saturated rings. The molecule has 0 atom stereocenters. The van der Waals surface area contributed by atoms with E-state index in [1.165, 1.54) is 5.56 Å². The molecule has 2 nitrogen and oxygen atoms in total. The second-order valence-corrected chi connectivity index (χ2v) is 3.24. The van der Waals surface area contributed by atoms with E-state index in [9.17, 15) is 0 Å². The lowest BCUT2D eigenvalue weighted by Gasteiger charge is -2.04. The van der Waals surface area contributed by atoms with Crippen LogP contribution >= 0.6 is 0 Å². The fourth-order valence-corrected chi connectivity index (χ4v) is 1.11. The van der Waals surface area contributed by atoms with Crippen molar-refractivity contribution in [3.05, 3.63) is 35.4 Å². The van der Waals surface area contributed by atoms with Gasteiger partial charge in [-0.2, -0.15) is 0 Å². The summed E-state index contributed by atoms with van der Waals surface area (Å²) in [5.74, 6) is 0.552. The Hall–Kier alpha value is -1.31. The third-order valence-electron chi connectivity index (χ3n) is 1.88. The van der Waals surface area contributed by atoms with Crippen LogP contribution in [-0.2, 0) is 4.84 Å². The Bertz CT molecular complexity index is 292. The molecule has 0 saturated carbocycles. The molecule has 0 amide bonds. The van der Waals surface area contributed by atoms with Gasteiger partial charge in [-0.3, -0.25) is 0 Å². The Balaban J connectivity index is 2.85. The summed E-state index contributed by atoms with van der Waals surface area (Å²) in [6, 6.07) is 8.28. The van der Waals surface area contributed by atoms with Crippen molar-refractivity contribution in [1.29, 1.82) is 0 Å². The molecular formula is C11H15NO. The van der Waals surface area contributed by atoms with Crippen molar-refractivity contribution in [2.24, 2.45) is 5.16 Å². The van der Waals surface area contributed by atoms with Gasteiger partial charge in [-0.1, -0.05) is 37.2 Å². The summed E-state index contributed by atoms with van der Waals surface area (Å²) in [4.78, 5) is 4.62. The maximum atomic E-state index is 4.62. The highest BCUT2D eigenvalue weighted by atomic mass is 16.6. The van der Waals surface area contributed by atoms with Crippen molar-refractivity contribution in [1.82, 2.24) is 0 Å². The molecule has 70 valence electrons. The molecule has 0 spiro atoms. The van der Waals surface area contributed by atoms with E-state index in [2.05, 4.69) is 36.0 Å². The molecule has 0 radical (unpaired) electrons. The van der Waals surface area contributed by atoms with Crippen molar-refractivity contribution in [3.8, 4) is 0 Å². The van der Waals surface area contributed by atoms with Crippen LogP contribution in [0.3, 0.4) is 0 Å². The minimum absolute atomic E-state index is 0.552. The standard InChI is InChI=1S/C11H15NO/c1-9(2)11-6-4-5-10(7-11)8-12-13-3/h4-9H,1-3H3/b12-8+. The first-order valence-corrected chi connectivity index (χ1v) is 4.40. The largest absolute Gasteiger partial charge is 0.399 e. The summed E-state index contributed by atoms with van der Waals surface area (Å²) >= 11 is 0. The molecular weight excluding hydrogens is 162 g/mol. The van der Waals surface area contributed by atoms with Gasteiger partial charge in [-0.25, -0.2) is 0 Å². The summed E-state index contributed by atoms with van der Waals surface area (Å²) in [5.41, 5.74) is 2.40. The first-order chi connectivity index (χ1) is 6.24. The zero-order chi connectivity index (χ0) is 9.68. The highest BCUT2D eigenvalue weighted by Gasteiger charge is 1.98. The number of hydrogen-bond donors (Lipinski definition) is 0. The Kier molecular flexibility index (Phi) is 3.50. The van der Waals surface area contributed by atoms with E-state index in [0.29, 0.717) is 5.92 Å². The zero-order valence-electron chi connectivity index (χ0n) is 8.32. The van der Waals surface area contributed by atoms with Gasteiger partial charge in [-0.15, -0.1) is 0 Å². The summed E-state index contributed by atoms with van der Waals surface area (Å²) in [6.07, 6.45) is 1.71. The lowest BCUT2D eigenvalue weighted by atomic mass is 10.0. The topological polar surface area (TPSA) is 21.6 Å². The SMILES string of the molecule is CO/N=C/c1cccc(C(C)C)c1. The van der Waals surface area contributed by atoms with Gasteiger partial charge < -0.3 is 4.84 Å². The van der Waals surface area contributed by atoms with Crippen molar-refractivity contribution in [2.45, 2.75) is 19.8 Å². The average Bonchev–Trinajstić information content (AvgIpc) is 2.15. The second-order valence-electron chi connectivity index (χ2n) is 3.24. The number of benzene rings is 1. The third-order valence-corrected chi connectivity index (χ3v) is 1.88. The second kappa shape index (κ2) is 4.65. The van der Waals surface area contributed by atoms with Gasteiger partial charge in [0.1, 0.15) is 7.11 Å². The van der Waals surface area contributed by atoms with Crippen molar-refractivity contribution in [2.75, 3.05) is 7.11 Å². The number of hydrogen-bond acceptors (Lipinski definition) is 2. The van der Waals surface area contributed by atoms with Crippen LogP contribution < -0.4 is 0 Å². The molecule has 0 aliphatic carbocycles. The van der Waals surface area contributed by atoms with Crippen LogP contribution in [0.1, 0.15) is 30.9 Å². The van der Waals surface area contributed by atoms with E-state index in [1.54, 1.807) is 13.3 Å². The number of oxime groups is 1. The first kappa shape index (κ1) is 9.78. The molecule has 1 aromatic carbocycles. The van der Waals surface area contributed by atoms with Crippen LogP contribution in [0.15, 0.2) is 29.4 Å². The summed E-state index contributed by atoms with van der Waals surface area (Å²) in [6.45, 7) is 4.35. The Morgan fingerprint density at radius 3 is 2.77 bits per heavy atom. The van der Waals surface area contributed by atoms with Crippen LogP contribution in [0, 0.1) is 0 Å². The van der Waals surface area contributed by atoms with Crippen LogP contribution in [-0.4, -0.2) is 13.3 Å². The van der Waals surface area contributed by atoms with Gasteiger partial charge in [0, 0.05) is 0 Å². The molecule has 0 saturated heterocycles. The van der Waals surface area contributed by atoms with Gasteiger partial charge in [0.05, 0.1) is 6.21 Å². The highest BCUT2D eigenvalue weighted by molar-refractivity contribution is 5.79. The quantitative estimate of drug-likeness (QED) is 0.514. The number of nitrogens with zero attached hydrogens (tertiary/aromatic N) is 1. The molecule has 2 heteroatoms. The third kappa shape index (κ3) is 2.90. The van der Waals surface area contributed by atoms with E-state index in [1.807, 2.05) is 12.1 Å². The molecule has 0 N–H and O–H groups in total. The predicted octanol–water partition coefficient (Wildman–Crippen LogP) is 2.79. The van der Waals surface area contributed by atoms with Crippen LogP contribution in [0.5, 0.6) is 0 Å². The van der Waals surface area contributed by atoms with Gasteiger partial charge in [-0.05, 0) is 23.1 Å². The van der Waals surface area contributed by atoms with Crippen molar-refractivity contribution < 1.29 is 4.84 Å². The minimum Gasteiger partial charge on any atom is -0.399 e. The Labute approximate surface area is 79.2 Å². The van der Waals surface area contributed by atoms with Crippen LogP contribution in [0.4, 0.5) is 0 Å². The maximum Gasteiger partial charge on any atom is 0.106 e. The van der Waals surface area contributed by atoms with Gasteiger partial charge in [0.15, 0.2) is 0 Å². The van der Waals surface area contributed by atoms with Crippen molar-refractivity contribution >= 4 is 6.21 Å². The van der Waals surface area contributed by atoms with Crippen LogP contribution in [0.2, 0.25) is 0 Å².